The fourth-order valence-corrected chi connectivity index (χ4v) is 2.25. The van der Waals surface area contributed by atoms with Crippen LogP contribution in [0.5, 0.6) is 0 Å². The Morgan fingerprint density at radius 1 is 1.23 bits per heavy atom. The molecular weight excluding hydrogens is 186 g/mol. The lowest BCUT2D eigenvalue weighted by Gasteiger charge is -1.98. The lowest BCUT2D eigenvalue weighted by atomic mass is 10.2. The monoisotopic (exact) mass is 196 g/mol. The van der Waals surface area contributed by atoms with E-state index in [0.717, 1.165) is 5.56 Å². The van der Waals surface area contributed by atoms with Crippen molar-refractivity contribution in [2.45, 2.75) is 11.9 Å². The molecule has 0 N–H and O–H groups in total. The molecule has 1 aromatic carbocycles. The average Bonchev–Trinajstić information content (AvgIpc) is 2.90. The third-order valence-corrected chi connectivity index (χ3v) is 3.11. The van der Waals surface area contributed by atoms with E-state index in [1.165, 1.54) is 0 Å². The Balaban J connectivity index is 1.86. The van der Waals surface area contributed by atoms with Crippen molar-refractivity contribution in [1.82, 2.24) is 0 Å². The molecule has 0 radical (unpaired) electrons. The molecule has 0 fully saturated rings. The van der Waals surface area contributed by atoms with Crippen LogP contribution in [-0.2, 0) is 16.6 Å². The summed E-state index contributed by atoms with van der Waals surface area (Å²) in [5.74, 6) is 1.19. The van der Waals surface area contributed by atoms with E-state index in [9.17, 15) is 4.21 Å². The molecule has 0 spiro atoms. The van der Waals surface area contributed by atoms with Gasteiger partial charge in [-0.15, -0.1) is 0 Å². The number of nitrogens with zero attached hydrogens (tertiary/aromatic N) is 2. The summed E-state index contributed by atoms with van der Waals surface area (Å²) >= 11 is 0. The molecule has 68 valence electrons. The van der Waals surface area contributed by atoms with Crippen LogP contribution in [0.3, 0.4) is 0 Å². The first-order valence-electron chi connectivity index (χ1n) is 4.13. The first-order chi connectivity index (χ1) is 6.34. The standard InChI is InChI=1S/C9H10N2OS/c12-13(7-9-10-11-9)6-8-4-2-1-3-5-8/h1-5,9H,6-7H2/i10+1,11+1. The first-order valence-corrected chi connectivity index (χ1v) is 5.62. The molecule has 13 heavy (non-hydrogen) atoms. The Morgan fingerprint density at radius 2 is 1.92 bits per heavy atom. The molecule has 1 aromatic rings. The van der Waals surface area contributed by atoms with Crippen LogP contribution in [0.2, 0.25) is 0 Å². The zero-order chi connectivity index (χ0) is 9.10. The molecule has 0 amide bonds. The van der Waals surface area contributed by atoms with Crippen molar-refractivity contribution < 1.29 is 4.21 Å². The van der Waals surface area contributed by atoms with Gasteiger partial charge in [0.25, 0.3) is 0 Å². The van der Waals surface area contributed by atoms with Gasteiger partial charge in [0.05, 0.1) is 5.75 Å². The second kappa shape index (κ2) is 3.79. The van der Waals surface area contributed by atoms with Crippen LogP contribution in [0.25, 0.3) is 0 Å². The van der Waals surface area contributed by atoms with Crippen LogP contribution >= 0.6 is 0 Å². The predicted octanol–water partition coefficient (Wildman–Crippen LogP) is 1.73. The molecule has 1 atom stereocenters. The third kappa shape index (κ3) is 2.73. The van der Waals surface area contributed by atoms with Crippen molar-refractivity contribution in [3.63, 3.8) is 0 Å². The minimum atomic E-state index is -0.826. The van der Waals surface area contributed by atoms with Gasteiger partial charge in [0.2, 0.25) is 0 Å². The SMILES string of the molecule is O=S(Cc1ccccc1)CC1[15N]=[15N]1. The highest BCUT2D eigenvalue weighted by Crippen LogP contribution is 2.13. The summed E-state index contributed by atoms with van der Waals surface area (Å²) in [6.45, 7) is 0. The van der Waals surface area contributed by atoms with Gasteiger partial charge < -0.3 is 0 Å². The van der Waals surface area contributed by atoms with E-state index in [1.54, 1.807) is 0 Å². The molecule has 0 bridgehead atoms. The fourth-order valence-electron chi connectivity index (χ4n) is 1.10. The summed E-state index contributed by atoms with van der Waals surface area (Å²) < 4.78 is 11.5. The molecule has 2 rings (SSSR count). The third-order valence-electron chi connectivity index (χ3n) is 1.78. The van der Waals surface area contributed by atoms with Crippen LogP contribution < -0.4 is 0 Å². The predicted molar refractivity (Wildman–Crippen MR) is 51.8 cm³/mol. The zero-order valence-electron chi connectivity index (χ0n) is 7.09. The summed E-state index contributed by atoms with van der Waals surface area (Å²) in [6.07, 6.45) is 0.0181. The maximum absolute atomic E-state index is 11.5. The van der Waals surface area contributed by atoms with Crippen LogP contribution in [0, 0.1) is 0 Å². The summed E-state index contributed by atoms with van der Waals surface area (Å²) in [4.78, 5) is 0. The molecule has 1 heterocycles. The maximum atomic E-state index is 11.5. The Labute approximate surface area is 79.3 Å². The summed E-state index contributed by atoms with van der Waals surface area (Å²) in [6, 6.07) is 9.84. The van der Waals surface area contributed by atoms with Crippen LogP contribution in [-0.4, -0.2) is 16.1 Å². The molecule has 0 aliphatic carbocycles. The van der Waals surface area contributed by atoms with Gasteiger partial charge >= 0.3 is 0 Å². The van der Waals surface area contributed by atoms with E-state index >= 15 is 0 Å². The summed E-state index contributed by atoms with van der Waals surface area (Å²) in [5, 5.41) is 7.43. The quantitative estimate of drug-likeness (QED) is 0.676. The molecule has 1 unspecified atom stereocenters. The number of benzene rings is 1. The lowest BCUT2D eigenvalue weighted by molar-refractivity contribution is 0.681. The van der Waals surface area contributed by atoms with E-state index in [2.05, 4.69) is 10.2 Å². The maximum Gasteiger partial charge on any atom is 0.192 e. The van der Waals surface area contributed by atoms with Gasteiger partial charge in [-0.2, -0.15) is 10.2 Å². The molecule has 0 saturated carbocycles. The molecule has 0 saturated heterocycles. The summed E-state index contributed by atoms with van der Waals surface area (Å²) in [7, 11) is -0.826. The molecule has 1 aliphatic heterocycles. The lowest BCUT2D eigenvalue weighted by Crippen LogP contribution is -2.05. The molecule has 0 aromatic heterocycles. The Bertz CT molecular complexity index is 331. The van der Waals surface area contributed by atoms with Crippen LogP contribution in [0.1, 0.15) is 5.56 Å². The van der Waals surface area contributed by atoms with Crippen molar-refractivity contribution in [2.75, 3.05) is 5.75 Å². The van der Waals surface area contributed by atoms with E-state index in [0.29, 0.717) is 11.5 Å². The van der Waals surface area contributed by atoms with Crippen molar-refractivity contribution >= 4 is 10.8 Å². The van der Waals surface area contributed by atoms with Crippen LogP contribution in [0.4, 0.5) is 0 Å². The normalized spacial score (nSPS) is 17.2. The van der Waals surface area contributed by atoms with Gasteiger partial charge in [0.1, 0.15) is 0 Å². The van der Waals surface area contributed by atoms with Gasteiger partial charge in [0.15, 0.2) is 6.17 Å². The average molecular weight is 196 g/mol. The minimum Gasteiger partial charge on any atom is -0.259 e. The van der Waals surface area contributed by atoms with Gasteiger partial charge in [-0.3, -0.25) is 4.21 Å². The van der Waals surface area contributed by atoms with E-state index in [4.69, 9.17) is 0 Å². The highest BCUT2D eigenvalue weighted by molar-refractivity contribution is 7.84. The number of rotatable bonds is 4. The highest BCUT2D eigenvalue weighted by atomic mass is 32.2. The number of hydrogen-bond acceptors (Lipinski definition) is 3. The first kappa shape index (κ1) is 8.56. The Hall–Kier alpha value is -1.03. The topological polar surface area (TPSA) is 41.8 Å². The van der Waals surface area contributed by atoms with Crippen molar-refractivity contribution in [2.24, 2.45) is 10.2 Å². The number of hydrogen-bond donors (Lipinski definition) is 0. The van der Waals surface area contributed by atoms with Gasteiger partial charge in [-0.1, -0.05) is 30.3 Å². The van der Waals surface area contributed by atoms with Gasteiger partial charge in [0, 0.05) is 16.6 Å². The largest absolute Gasteiger partial charge is 0.259 e. The molecule has 3 nitrogen and oxygen atoms in total. The van der Waals surface area contributed by atoms with Gasteiger partial charge in [-0.25, -0.2) is 0 Å². The summed E-state index contributed by atoms with van der Waals surface area (Å²) in [5.41, 5.74) is 1.11. The van der Waals surface area contributed by atoms with Crippen LogP contribution in [0.15, 0.2) is 40.6 Å². The smallest absolute Gasteiger partial charge is 0.192 e. The van der Waals surface area contributed by atoms with Gasteiger partial charge in [-0.05, 0) is 5.56 Å². The van der Waals surface area contributed by atoms with E-state index < -0.39 is 10.8 Å². The zero-order valence-corrected chi connectivity index (χ0v) is 7.91. The Kier molecular flexibility index (Phi) is 2.49. The molecular formula is C9H10N2OS. The van der Waals surface area contributed by atoms with Crippen molar-refractivity contribution in [3.8, 4) is 0 Å². The molecule has 4 heteroatoms. The second-order valence-corrected chi connectivity index (χ2v) is 4.45. The van der Waals surface area contributed by atoms with Crippen molar-refractivity contribution in [1.29, 1.82) is 0 Å². The van der Waals surface area contributed by atoms with E-state index in [1.807, 2.05) is 30.3 Å². The van der Waals surface area contributed by atoms with Crippen molar-refractivity contribution in [3.05, 3.63) is 35.9 Å². The highest BCUT2D eigenvalue weighted by Gasteiger charge is 2.18. The van der Waals surface area contributed by atoms with E-state index in [-0.39, 0.29) is 6.17 Å². The minimum absolute atomic E-state index is 0.0181. The fraction of sp³-hybridized carbons (Fsp3) is 0.333. The second-order valence-electron chi connectivity index (χ2n) is 2.95. The Morgan fingerprint density at radius 3 is 2.54 bits per heavy atom. The molecule has 1 aliphatic rings.